The molecule has 2 aromatic carbocycles. The van der Waals surface area contributed by atoms with Crippen molar-refractivity contribution in [2.75, 3.05) is 36.4 Å². The lowest BCUT2D eigenvalue weighted by Crippen LogP contribution is -2.49. The number of anilines is 3. The van der Waals surface area contributed by atoms with Crippen LogP contribution in [0.3, 0.4) is 0 Å². The summed E-state index contributed by atoms with van der Waals surface area (Å²) in [4.78, 5) is 21.6. The second kappa shape index (κ2) is 9.12. The Labute approximate surface area is 192 Å². The van der Waals surface area contributed by atoms with Gasteiger partial charge in [0.2, 0.25) is 0 Å². The average Bonchev–Trinajstić information content (AvgIpc) is 3.31. The predicted molar refractivity (Wildman–Crippen MR) is 128 cm³/mol. The monoisotopic (exact) mass is 439 g/mol. The molecule has 8 nitrogen and oxygen atoms in total. The third-order valence-corrected chi connectivity index (χ3v) is 5.81. The molecule has 166 valence electrons. The number of aryl methyl sites for hydroxylation is 1. The van der Waals surface area contributed by atoms with Crippen molar-refractivity contribution in [3.63, 3.8) is 0 Å². The number of imidazole rings is 1. The van der Waals surface area contributed by atoms with E-state index >= 15 is 0 Å². The van der Waals surface area contributed by atoms with Gasteiger partial charge in [-0.1, -0.05) is 30.3 Å². The van der Waals surface area contributed by atoms with Crippen molar-refractivity contribution in [1.29, 1.82) is 0 Å². The van der Waals surface area contributed by atoms with Crippen molar-refractivity contribution in [2.45, 2.75) is 6.92 Å². The molecule has 1 aliphatic heterocycles. The van der Waals surface area contributed by atoms with Crippen LogP contribution >= 0.6 is 0 Å². The smallest absolute Gasteiger partial charge is 0.256 e. The van der Waals surface area contributed by atoms with E-state index in [1.165, 1.54) is 0 Å². The maximum atomic E-state index is 13.3. The van der Waals surface area contributed by atoms with Gasteiger partial charge in [-0.2, -0.15) is 0 Å². The molecule has 0 atom stereocenters. The van der Waals surface area contributed by atoms with Gasteiger partial charge in [0.1, 0.15) is 5.82 Å². The van der Waals surface area contributed by atoms with Crippen molar-refractivity contribution < 1.29 is 4.79 Å². The Morgan fingerprint density at radius 3 is 2.24 bits per heavy atom. The van der Waals surface area contributed by atoms with E-state index in [2.05, 4.69) is 25.4 Å². The van der Waals surface area contributed by atoms with Crippen molar-refractivity contribution >= 4 is 23.1 Å². The van der Waals surface area contributed by atoms with E-state index in [4.69, 9.17) is 0 Å². The summed E-state index contributed by atoms with van der Waals surface area (Å²) in [6.45, 7) is 4.60. The fourth-order valence-corrected chi connectivity index (χ4v) is 4.00. The molecule has 5 rings (SSSR count). The Morgan fingerprint density at radius 1 is 0.848 bits per heavy atom. The van der Waals surface area contributed by atoms with E-state index in [0.29, 0.717) is 31.7 Å². The SMILES string of the molecule is Cc1nccn1-c1ccc(N2CCN(C(=O)c3ccccc3Nc3ccccc3)CC2)nn1. The number of piperazine rings is 1. The van der Waals surface area contributed by atoms with Gasteiger partial charge in [-0.15, -0.1) is 10.2 Å². The van der Waals surface area contributed by atoms with Crippen molar-refractivity contribution in [2.24, 2.45) is 0 Å². The Balaban J connectivity index is 1.24. The summed E-state index contributed by atoms with van der Waals surface area (Å²) in [6, 6.07) is 21.5. The molecular formula is C25H25N7O. The third kappa shape index (κ3) is 4.41. The molecule has 33 heavy (non-hydrogen) atoms. The van der Waals surface area contributed by atoms with Gasteiger partial charge in [-0.25, -0.2) is 4.98 Å². The lowest BCUT2D eigenvalue weighted by Gasteiger charge is -2.35. The summed E-state index contributed by atoms with van der Waals surface area (Å²) < 4.78 is 1.90. The van der Waals surface area contributed by atoms with Gasteiger partial charge in [0.15, 0.2) is 11.6 Å². The summed E-state index contributed by atoms with van der Waals surface area (Å²) in [6.07, 6.45) is 3.61. The summed E-state index contributed by atoms with van der Waals surface area (Å²) in [7, 11) is 0. The van der Waals surface area contributed by atoms with Crippen LogP contribution in [0, 0.1) is 6.92 Å². The predicted octanol–water partition coefficient (Wildman–Crippen LogP) is 3.68. The summed E-state index contributed by atoms with van der Waals surface area (Å²) >= 11 is 0. The molecule has 1 N–H and O–H groups in total. The zero-order valence-corrected chi connectivity index (χ0v) is 18.4. The highest BCUT2D eigenvalue weighted by atomic mass is 16.2. The van der Waals surface area contributed by atoms with Crippen LogP contribution < -0.4 is 10.2 Å². The normalized spacial score (nSPS) is 13.7. The molecule has 0 aliphatic carbocycles. The molecule has 0 spiro atoms. The number of nitrogens with one attached hydrogen (secondary N) is 1. The zero-order valence-electron chi connectivity index (χ0n) is 18.4. The number of amides is 1. The molecule has 1 aliphatic rings. The summed E-state index contributed by atoms with van der Waals surface area (Å²) in [5.74, 6) is 2.46. The fraction of sp³-hybridized carbons (Fsp3) is 0.200. The quantitative estimate of drug-likeness (QED) is 0.511. The van der Waals surface area contributed by atoms with Gasteiger partial charge < -0.3 is 15.1 Å². The first-order valence-electron chi connectivity index (χ1n) is 11.0. The maximum Gasteiger partial charge on any atom is 0.256 e. The molecule has 1 amide bonds. The Kier molecular flexibility index (Phi) is 5.72. The van der Waals surface area contributed by atoms with Gasteiger partial charge in [0, 0.05) is 44.3 Å². The average molecular weight is 440 g/mol. The standard InChI is InChI=1S/C25H25N7O/c1-19-26-13-14-32(19)24-12-11-23(28-29-24)30-15-17-31(18-16-30)25(33)21-9-5-6-10-22(21)27-20-7-3-2-4-8-20/h2-14,27H,15-18H2,1H3. The number of para-hydroxylation sites is 2. The Hall–Kier alpha value is -4.20. The molecular weight excluding hydrogens is 414 g/mol. The number of carbonyl (C=O) groups excluding carboxylic acids is 1. The number of nitrogens with zero attached hydrogens (tertiary/aromatic N) is 6. The lowest BCUT2D eigenvalue weighted by molar-refractivity contribution is 0.0747. The fourth-order valence-electron chi connectivity index (χ4n) is 4.00. The zero-order chi connectivity index (χ0) is 22.6. The van der Waals surface area contributed by atoms with E-state index in [1.807, 2.05) is 89.3 Å². The van der Waals surface area contributed by atoms with Crippen LogP contribution in [0.25, 0.3) is 5.82 Å². The minimum atomic E-state index is 0.0331. The Bertz CT molecular complexity index is 1230. The van der Waals surface area contributed by atoms with Crippen LogP contribution in [0.2, 0.25) is 0 Å². The molecule has 1 saturated heterocycles. The minimum Gasteiger partial charge on any atom is -0.355 e. The van der Waals surface area contributed by atoms with Gasteiger partial charge in [0.25, 0.3) is 5.91 Å². The second-order valence-corrected chi connectivity index (χ2v) is 7.91. The number of hydrogen-bond donors (Lipinski definition) is 1. The molecule has 4 aromatic rings. The van der Waals surface area contributed by atoms with Gasteiger partial charge in [-0.05, 0) is 43.3 Å². The van der Waals surface area contributed by atoms with E-state index in [-0.39, 0.29) is 5.91 Å². The number of rotatable bonds is 5. The van der Waals surface area contributed by atoms with Gasteiger partial charge >= 0.3 is 0 Å². The van der Waals surface area contributed by atoms with Crippen molar-refractivity contribution in [1.82, 2.24) is 24.6 Å². The van der Waals surface area contributed by atoms with E-state index in [9.17, 15) is 4.79 Å². The molecule has 1 fully saturated rings. The van der Waals surface area contributed by atoms with Gasteiger partial charge in [0.05, 0.1) is 11.3 Å². The maximum absolute atomic E-state index is 13.3. The topological polar surface area (TPSA) is 79.2 Å². The molecule has 3 heterocycles. The van der Waals surface area contributed by atoms with Crippen LogP contribution in [-0.2, 0) is 0 Å². The summed E-state index contributed by atoms with van der Waals surface area (Å²) in [5, 5.41) is 12.1. The van der Waals surface area contributed by atoms with E-state index in [0.717, 1.165) is 28.8 Å². The first-order chi connectivity index (χ1) is 16.2. The van der Waals surface area contributed by atoms with Crippen LogP contribution in [0.15, 0.2) is 79.1 Å². The third-order valence-electron chi connectivity index (χ3n) is 5.81. The van der Waals surface area contributed by atoms with Crippen LogP contribution in [-0.4, -0.2) is 56.7 Å². The van der Waals surface area contributed by atoms with Crippen molar-refractivity contribution in [3.05, 3.63) is 90.5 Å². The first-order valence-corrected chi connectivity index (χ1v) is 11.0. The first kappa shape index (κ1) is 20.7. The summed E-state index contributed by atoms with van der Waals surface area (Å²) in [5.41, 5.74) is 2.44. The van der Waals surface area contributed by atoms with Crippen LogP contribution in [0.4, 0.5) is 17.2 Å². The molecule has 2 aromatic heterocycles. The molecule has 0 saturated carbocycles. The highest BCUT2D eigenvalue weighted by Crippen LogP contribution is 2.23. The molecule has 0 radical (unpaired) electrons. The second-order valence-electron chi connectivity index (χ2n) is 7.91. The Morgan fingerprint density at radius 2 is 1.55 bits per heavy atom. The molecule has 0 bridgehead atoms. The largest absolute Gasteiger partial charge is 0.355 e. The number of hydrogen-bond acceptors (Lipinski definition) is 6. The van der Waals surface area contributed by atoms with E-state index in [1.54, 1.807) is 6.20 Å². The van der Waals surface area contributed by atoms with Crippen LogP contribution in [0.5, 0.6) is 0 Å². The van der Waals surface area contributed by atoms with Crippen LogP contribution in [0.1, 0.15) is 16.2 Å². The highest BCUT2D eigenvalue weighted by molar-refractivity contribution is 6.00. The molecule has 0 unspecified atom stereocenters. The minimum absolute atomic E-state index is 0.0331. The highest BCUT2D eigenvalue weighted by Gasteiger charge is 2.24. The number of carbonyl (C=O) groups is 1. The van der Waals surface area contributed by atoms with E-state index < -0.39 is 0 Å². The number of aromatic nitrogens is 4. The lowest BCUT2D eigenvalue weighted by atomic mass is 10.1. The van der Waals surface area contributed by atoms with Gasteiger partial charge in [-0.3, -0.25) is 9.36 Å². The number of benzene rings is 2. The molecule has 8 heteroatoms. The van der Waals surface area contributed by atoms with Crippen molar-refractivity contribution in [3.8, 4) is 5.82 Å².